The Bertz CT molecular complexity index is 761. The van der Waals surface area contributed by atoms with E-state index in [-0.39, 0.29) is 0 Å². The molecule has 3 heterocycles. The van der Waals surface area contributed by atoms with Gasteiger partial charge >= 0.3 is 0 Å². The van der Waals surface area contributed by atoms with E-state index in [2.05, 4.69) is 44.2 Å². The largest absolute Gasteiger partial charge is 0.325 e. The third-order valence-electron chi connectivity index (χ3n) is 3.65. The number of benzene rings is 1. The van der Waals surface area contributed by atoms with Crippen LogP contribution in [0.2, 0.25) is 0 Å². The van der Waals surface area contributed by atoms with Gasteiger partial charge in [-0.15, -0.1) is 0 Å². The van der Waals surface area contributed by atoms with Crippen molar-refractivity contribution in [1.82, 2.24) is 19.7 Å². The van der Waals surface area contributed by atoms with E-state index < -0.39 is 0 Å². The summed E-state index contributed by atoms with van der Waals surface area (Å²) in [5, 5.41) is 5.27. The molecular formula is C14H13N5. The van der Waals surface area contributed by atoms with Gasteiger partial charge in [-0.2, -0.15) is 5.10 Å². The van der Waals surface area contributed by atoms with Crippen LogP contribution < -0.4 is 4.90 Å². The van der Waals surface area contributed by atoms with Crippen molar-refractivity contribution in [3.05, 3.63) is 42.4 Å². The lowest BCUT2D eigenvalue weighted by molar-refractivity contribution is 0.785. The van der Waals surface area contributed by atoms with Gasteiger partial charge in [0.1, 0.15) is 12.1 Å². The highest BCUT2D eigenvalue weighted by molar-refractivity contribution is 5.90. The second kappa shape index (κ2) is 3.78. The number of fused-ring (bicyclic) bond motifs is 2. The zero-order valence-electron chi connectivity index (χ0n) is 10.6. The number of aromatic nitrogens is 4. The van der Waals surface area contributed by atoms with E-state index in [0.29, 0.717) is 0 Å². The van der Waals surface area contributed by atoms with E-state index in [0.717, 1.165) is 29.8 Å². The van der Waals surface area contributed by atoms with Gasteiger partial charge in [0.15, 0.2) is 5.65 Å². The van der Waals surface area contributed by atoms with Crippen LogP contribution >= 0.6 is 0 Å². The molecule has 94 valence electrons. The monoisotopic (exact) mass is 251 g/mol. The quantitative estimate of drug-likeness (QED) is 0.664. The summed E-state index contributed by atoms with van der Waals surface area (Å²) in [5.74, 6) is 0.947. The summed E-state index contributed by atoms with van der Waals surface area (Å²) < 4.78 is 1.78. The van der Waals surface area contributed by atoms with Crippen molar-refractivity contribution in [1.29, 1.82) is 0 Å². The molecule has 3 aromatic rings. The van der Waals surface area contributed by atoms with E-state index in [1.807, 2.05) is 13.2 Å². The van der Waals surface area contributed by atoms with E-state index in [1.54, 1.807) is 11.0 Å². The van der Waals surface area contributed by atoms with Crippen molar-refractivity contribution >= 4 is 22.5 Å². The Morgan fingerprint density at radius 1 is 1.16 bits per heavy atom. The fourth-order valence-corrected chi connectivity index (χ4v) is 2.72. The Morgan fingerprint density at radius 2 is 2.05 bits per heavy atom. The Kier molecular flexibility index (Phi) is 2.09. The zero-order chi connectivity index (χ0) is 12.8. The molecule has 4 rings (SSSR count). The van der Waals surface area contributed by atoms with Crippen molar-refractivity contribution in [3.63, 3.8) is 0 Å². The van der Waals surface area contributed by atoms with Crippen LogP contribution in [0.1, 0.15) is 5.56 Å². The predicted octanol–water partition coefficient (Wildman–Crippen LogP) is 2.06. The number of hydrogen-bond donors (Lipinski definition) is 0. The third kappa shape index (κ3) is 1.44. The summed E-state index contributed by atoms with van der Waals surface area (Å²) in [6.45, 7) is 0.959. The van der Waals surface area contributed by atoms with Crippen molar-refractivity contribution in [2.24, 2.45) is 7.05 Å². The highest BCUT2D eigenvalue weighted by atomic mass is 15.3. The minimum absolute atomic E-state index is 0.870. The first-order chi connectivity index (χ1) is 9.34. The van der Waals surface area contributed by atoms with Crippen LogP contribution in [0.15, 0.2) is 36.8 Å². The predicted molar refractivity (Wildman–Crippen MR) is 73.5 cm³/mol. The highest BCUT2D eigenvalue weighted by Gasteiger charge is 2.23. The fraction of sp³-hybridized carbons (Fsp3) is 0.214. The molecule has 0 atom stereocenters. The lowest BCUT2D eigenvalue weighted by Gasteiger charge is -2.18. The smallest absolute Gasteiger partial charge is 0.163 e. The summed E-state index contributed by atoms with van der Waals surface area (Å²) in [5.41, 5.74) is 3.49. The molecule has 0 saturated heterocycles. The molecule has 2 aromatic heterocycles. The van der Waals surface area contributed by atoms with Crippen LogP contribution in [-0.2, 0) is 13.5 Å². The molecule has 0 saturated carbocycles. The van der Waals surface area contributed by atoms with Gasteiger partial charge in [-0.1, -0.05) is 18.2 Å². The third-order valence-corrected chi connectivity index (χ3v) is 3.65. The Hall–Kier alpha value is -2.43. The van der Waals surface area contributed by atoms with Crippen LogP contribution in [0.4, 0.5) is 11.5 Å². The standard InChI is InChI=1S/C14H13N5/c1-18-13-11(8-17-18)14(16-9-15-13)19-7-6-10-4-2-3-5-12(10)19/h2-5,8-9H,6-7H2,1H3. The molecule has 1 aliphatic rings. The van der Waals surface area contributed by atoms with Crippen LogP contribution in [0.3, 0.4) is 0 Å². The number of aryl methyl sites for hydroxylation is 1. The lowest BCUT2D eigenvalue weighted by Crippen LogP contribution is -2.15. The first kappa shape index (κ1) is 10.5. The molecule has 0 bridgehead atoms. The fourth-order valence-electron chi connectivity index (χ4n) is 2.72. The Morgan fingerprint density at radius 3 is 3.00 bits per heavy atom. The number of para-hydroxylation sites is 1. The van der Waals surface area contributed by atoms with Crippen LogP contribution in [-0.4, -0.2) is 26.3 Å². The maximum absolute atomic E-state index is 4.46. The minimum Gasteiger partial charge on any atom is -0.325 e. The first-order valence-corrected chi connectivity index (χ1v) is 6.33. The van der Waals surface area contributed by atoms with Gasteiger partial charge in [0, 0.05) is 19.3 Å². The van der Waals surface area contributed by atoms with Crippen molar-refractivity contribution in [2.75, 3.05) is 11.4 Å². The van der Waals surface area contributed by atoms with E-state index in [4.69, 9.17) is 0 Å². The molecule has 5 nitrogen and oxygen atoms in total. The van der Waals surface area contributed by atoms with Gasteiger partial charge in [-0.3, -0.25) is 4.68 Å². The second-order valence-electron chi connectivity index (χ2n) is 4.73. The Balaban J connectivity index is 1.93. The molecular weight excluding hydrogens is 238 g/mol. The van der Waals surface area contributed by atoms with Gasteiger partial charge in [0.25, 0.3) is 0 Å². The van der Waals surface area contributed by atoms with E-state index >= 15 is 0 Å². The second-order valence-corrected chi connectivity index (χ2v) is 4.73. The average molecular weight is 251 g/mol. The topological polar surface area (TPSA) is 46.8 Å². The number of nitrogens with zero attached hydrogens (tertiary/aromatic N) is 5. The summed E-state index contributed by atoms with van der Waals surface area (Å²) in [4.78, 5) is 11.0. The lowest BCUT2D eigenvalue weighted by atomic mass is 10.2. The maximum atomic E-state index is 4.46. The maximum Gasteiger partial charge on any atom is 0.163 e. The number of hydrogen-bond acceptors (Lipinski definition) is 4. The van der Waals surface area contributed by atoms with Gasteiger partial charge in [-0.05, 0) is 18.1 Å². The van der Waals surface area contributed by atoms with Crippen molar-refractivity contribution < 1.29 is 0 Å². The summed E-state index contributed by atoms with van der Waals surface area (Å²) in [6.07, 6.45) is 4.51. The van der Waals surface area contributed by atoms with Gasteiger partial charge < -0.3 is 4.90 Å². The normalized spacial score (nSPS) is 14.1. The number of rotatable bonds is 1. The van der Waals surface area contributed by atoms with Crippen LogP contribution in [0.5, 0.6) is 0 Å². The van der Waals surface area contributed by atoms with Crippen LogP contribution in [0.25, 0.3) is 11.0 Å². The summed E-state index contributed by atoms with van der Waals surface area (Å²) >= 11 is 0. The summed E-state index contributed by atoms with van der Waals surface area (Å²) in [6, 6.07) is 8.48. The molecule has 0 N–H and O–H groups in total. The van der Waals surface area contributed by atoms with Crippen molar-refractivity contribution in [2.45, 2.75) is 6.42 Å². The molecule has 0 unspecified atom stereocenters. The molecule has 19 heavy (non-hydrogen) atoms. The molecule has 0 radical (unpaired) electrons. The van der Waals surface area contributed by atoms with Crippen LogP contribution in [0, 0.1) is 0 Å². The molecule has 5 heteroatoms. The highest BCUT2D eigenvalue weighted by Crippen LogP contribution is 2.35. The minimum atomic E-state index is 0.870. The zero-order valence-corrected chi connectivity index (χ0v) is 10.6. The average Bonchev–Trinajstić information content (AvgIpc) is 3.03. The van der Waals surface area contributed by atoms with E-state index in [1.165, 1.54) is 11.3 Å². The van der Waals surface area contributed by atoms with Crippen molar-refractivity contribution in [3.8, 4) is 0 Å². The molecule has 0 spiro atoms. The molecule has 1 aliphatic heterocycles. The molecule has 1 aromatic carbocycles. The van der Waals surface area contributed by atoms with E-state index in [9.17, 15) is 0 Å². The number of anilines is 2. The molecule has 0 fully saturated rings. The molecule has 0 amide bonds. The van der Waals surface area contributed by atoms with Gasteiger partial charge in [-0.25, -0.2) is 9.97 Å². The van der Waals surface area contributed by atoms with Gasteiger partial charge in [0.05, 0.1) is 11.6 Å². The first-order valence-electron chi connectivity index (χ1n) is 6.33. The SMILES string of the molecule is Cn1ncc2c(N3CCc4ccccc43)ncnc21. The molecule has 0 aliphatic carbocycles. The Labute approximate surface area is 110 Å². The summed E-state index contributed by atoms with van der Waals surface area (Å²) in [7, 11) is 1.90. The van der Waals surface area contributed by atoms with Gasteiger partial charge in [0.2, 0.25) is 0 Å².